The first-order valence-electron chi connectivity index (χ1n) is 16.4. The molecule has 61 heavy (non-hydrogen) atoms. The number of nitrogens with zero attached hydrogens (tertiary/aromatic N) is 4. The fourth-order valence-electron chi connectivity index (χ4n) is 3.60. The third-order valence-corrected chi connectivity index (χ3v) is 5.84. The summed E-state index contributed by atoms with van der Waals surface area (Å²) in [4.78, 5) is 38.0. The number of aliphatic hydroxyl groups excluding tert-OH is 1. The van der Waals surface area contributed by atoms with Gasteiger partial charge >= 0.3 is 58.4 Å². The number of halogens is 3. The first kappa shape index (κ1) is 63.6. The quantitative estimate of drug-likeness (QED) is 0.236. The van der Waals surface area contributed by atoms with Crippen molar-refractivity contribution in [1.29, 1.82) is 0 Å². The van der Waals surface area contributed by atoms with Crippen molar-refractivity contribution in [2.75, 3.05) is 46.8 Å². The average Bonchev–Trinajstić information content (AvgIpc) is 3.16. The predicted molar refractivity (Wildman–Crippen MR) is 202 cm³/mol. The standard InChI is InChI=1S/C30H32N4O10.2C2H4O2.CHCl3.CH4O.3Zn/c35-27-21-5-3-7-25(27)39-11-1-2-12-40-26-8-4-6-22(28(26)36)18-32-42-14-16-44-34-20-24-10-9-23(29(37)30(24)38)19-33-43-15-13-41-31-17-21;2*1-2(3)4;2-1(3)4;1-2;;;/h3-10,17-20,35-38H,1-2,11-16H2;2*1H3,(H,3,4);1H;2H,1H3;;;/q;;;;;3*+2/p-6/b31-17+,32-18+,33-19+,34-20+;;;;;;;. The van der Waals surface area contributed by atoms with Gasteiger partial charge in [-0.15, -0.1) is 11.5 Å². The summed E-state index contributed by atoms with van der Waals surface area (Å²) in [7, 11) is 1.00. The number of carboxylic acid groups (broad SMARTS) is 2. The Kier molecular flexibility index (Phi) is 41.8. The summed E-state index contributed by atoms with van der Waals surface area (Å²) in [6.45, 7) is 2.46. The van der Waals surface area contributed by atoms with Gasteiger partial charge in [0.15, 0.2) is 30.7 Å². The topological polar surface area (TPSA) is 298 Å². The van der Waals surface area contributed by atoms with Crippen molar-refractivity contribution in [1.82, 2.24) is 0 Å². The Balaban J connectivity index is -0.000000838. The molecule has 2 heterocycles. The second-order valence-electron chi connectivity index (χ2n) is 10.2. The van der Waals surface area contributed by atoms with Crippen molar-refractivity contribution < 1.29 is 133 Å². The van der Waals surface area contributed by atoms with Gasteiger partial charge in [-0.2, -0.15) is 0 Å². The SMILES string of the molecule is CC(=O)[O-].CC(=O)[O-].CO.ClC(Cl)Cl.[O-]c1c2cccc1OCCCCOc1cccc(c1[O-])/C=N/OCCO/N=C/c1ccc(c([O-])c1[O-])/C=N/OCCO/N=C/2.[Zn+2].[Zn+2].[Zn+2]. The van der Waals surface area contributed by atoms with Crippen LogP contribution in [-0.2, 0) is 87.4 Å². The van der Waals surface area contributed by atoms with Gasteiger partial charge in [-0.1, -0.05) is 103 Å². The Morgan fingerprint density at radius 2 is 0.770 bits per heavy atom. The Morgan fingerprint density at radius 1 is 0.525 bits per heavy atom. The van der Waals surface area contributed by atoms with Crippen LogP contribution < -0.4 is 40.1 Å². The first-order valence-corrected chi connectivity index (χ1v) is 17.8. The van der Waals surface area contributed by atoms with E-state index >= 15 is 0 Å². The number of alkyl halides is 3. The molecule has 0 unspecified atom stereocenters. The van der Waals surface area contributed by atoms with E-state index in [2.05, 4.69) is 20.6 Å². The monoisotopic (exact) mass is 1060 g/mol. The molecule has 0 spiro atoms. The number of carbonyl (C=O) groups is 2. The maximum absolute atomic E-state index is 12.6. The van der Waals surface area contributed by atoms with Crippen LogP contribution in [0.3, 0.4) is 0 Å². The fourth-order valence-corrected chi connectivity index (χ4v) is 3.60. The molecule has 1 N–H and O–H groups in total. The molecule has 320 valence electrons. The Bertz CT molecular complexity index is 1650. The van der Waals surface area contributed by atoms with Gasteiger partial charge in [0, 0.05) is 19.0 Å². The number of hydrogen-bond donors (Lipinski definition) is 1. The summed E-state index contributed by atoms with van der Waals surface area (Å²) in [5, 5.41) is 89.5. The van der Waals surface area contributed by atoms with Crippen LogP contribution in [0.15, 0.2) is 69.2 Å². The van der Waals surface area contributed by atoms with E-state index in [0.29, 0.717) is 12.8 Å². The molecular formula is C36H39Cl3N4O15Zn3. The molecule has 3 aromatic carbocycles. The third-order valence-electron chi connectivity index (χ3n) is 5.84. The first-order chi connectivity index (χ1) is 27.7. The maximum Gasteiger partial charge on any atom is 2.00 e. The molecule has 25 heteroatoms. The largest absolute Gasteiger partial charge is 2.00 e. The van der Waals surface area contributed by atoms with Gasteiger partial charge < -0.3 is 74.2 Å². The molecule has 0 saturated heterocycles. The number of ether oxygens (including phenoxy) is 2. The van der Waals surface area contributed by atoms with E-state index in [9.17, 15) is 20.4 Å². The molecule has 0 aromatic heterocycles. The Hall–Kier alpha value is -4.02. The molecule has 0 amide bonds. The summed E-state index contributed by atoms with van der Waals surface area (Å²) in [5.74, 6) is -4.12. The number of carbonyl (C=O) groups excluding carboxylic acids is 2. The predicted octanol–water partition coefficient (Wildman–Crippen LogP) is 0.435. The van der Waals surface area contributed by atoms with Gasteiger partial charge in [-0.3, -0.25) is 0 Å². The number of oxime groups is 4. The van der Waals surface area contributed by atoms with Crippen LogP contribution in [-0.4, -0.2) is 93.0 Å². The maximum atomic E-state index is 12.6. The van der Waals surface area contributed by atoms with E-state index < -0.39 is 27.7 Å². The number of rotatable bonds is 0. The zero-order valence-corrected chi connectivity index (χ0v) is 44.5. The number of carboxylic acids is 2. The Morgan fingerprint density at radius 3 is 1.03 bits per heavy atom. The van der Waals surface area contributed by atoms with Crippen LogP contribution in [0.1, 0.15) is 48.9 Å². The summed E-state index contributed by atoms with van der Waals surface area (Å²) >= 11 is 14.4. The normalized spacial score (nSPS) is 14.6. The van der Waals surface area contributed by atoms with Crippen LogP contribution in [0.4, 0.5) is 0 Å². The smallest absolute Gasteiger partial charge is 0.872 e. The van der Waals surface area contributed by atoms with Gasteiger partial charge in [0.25, 0.3) is 0 Å². The summed E-state index contributed by atoms with van der Waals surface area (Å²) in [6.07, 6.45) is 5.90. The number of aliphatic hydroxyl groups is 1. The van der Waals surface area contributed by atoms with Crippen molar-refractivity contribution in [3.8, 4) is 34.5 Å². The van der Waals surface area contributed by atoms with Crippen LogP contribution in [0.5, 0.6) is 34.5 Å². The number of aliphatic carboxylic acids is 2. The number of benzene rings is 3. The molecule has 0 atom stereocenters. The van der Waals surface area contributed by atoms with Crippen molar-refractivity contribution in [2.24, 2.45) is 20.6 Å². The third kappa shape index (κ3) is 31.5. The van der Waals surface area contributed by atoms with E-state index in [1.165, 1.54) is 24.6 Å². The fraction of sp³-hybridized carbons (Fsp3) is 0.333. The van der Waals surface area contributed by atoms with Gasteiger partial charge in [-0.25, -0.2) is 0 Å². The zero-order valence-electron chi connectivity index (χ0n) is 33.4. The van der Waals surface area contributed by atoms with Gasteiger partial charge in [0.2, 0.25) is 0 Å². The summed E-state index contributed by atoms with van der Waals surface area (Å²) in [5.41, 5.74) is 0.577. The number of para-hydroxylation sites is 2. The molecule has 2 aliphatic heterocycles. The van der Waals surface area contributed by atoms with Crippen molar-refractivity contribution in [2.45, 2.75) is 31.0 Å². The molecule has 0 saturated carbocycles. The van der Waals surface area contributed by atoms with E-state index in [1.807, 2.05) is 0 Å². The Labute approximate surface area is 405 Å². The van der Waals surface area contributed by atoms with Crippen LogP contribution in [0.25, 0.3) is 0 Å². The van der Waals surface area contributed by atoms with E-state index in [0.717, 1.165) is 33.4 Å². The minimum absolute atomic E-state index is 0. The molecule has 19 nitrogen and oxygen atoms in total. The molecule has 2 aliphatic rings. The van der Waals surface area contributed by atoms with Crippen LogP contribution in [0, 0.1) is 0 Å². The minimum atomic E-state index is -1.08. The molecule has 0 radical (unpaired) electrons. The average molecular weight is 1070 g/mol. The summed E-state index contributed by atoms with van der Waals surface area (Å²) in [6, 6.07) is 12.4. The van der Waals surface area contributed by atoms with Gasteiger partial charge in [-0.05, 0) is 61.1 Å². The van der Waals surface area contributed by atoms with Crippen molar-refractivity contribution in [3.63, 3.8) is 0 Å². The molecule has 5 rings (SSSR count). The molecule has 0 aliphatic carbocycles. The van der Waals surface area contributed by atoms with Gasteiger partial charge in [0.1, 0.15) is 11.5 Å². The van der Waals surface area contributed by atoms with E-state index in [-0.39, 0.29) is 143 Å². The number of hydrogen-bond acceptors (Lipinski definition) is 19. The minimum Gasteiger partial charge on any atom is -0.872 e. The second-order valence-corrected chi connectivity index (χ2v) is 12.1. The second kappa shape index (κ2) is 40.1. The van der Waals surface area contributed by atoms with Gasteiger partial charge in [0.05, 0.1) is 38.1 Å². The molecule has 3 aromatic rings. The van der Waals surface area contributed by atoms with E-state index in [4.69, 9.17) is 88.5 Å². The molecule has 6 bridgehead atoms. The van der Waals surface area contributed by atoms with Crippen LogP contribution >= 0.6 is 34.8 Å². The van der Waals surface area contributed by atoms with Crippen LogP contribution in [0.2, 0.25) is 0 Å². The van der Waals surface area contributed by atoms with Crippen molar-refractivity contribution >= 4 is 71.6 Å². The van der Waals surface area contributed by atoms with E-state index in [1.54, 1.807) is 36.4 Å². The molecule has 0 fully saturated rings. The molecular weight excluding hydrogens is 1030 g/mol. The van der Waals surface area contributed by atoms with Crippen molar-refractivity contribution in [3.05, 3.63) is 70.8 Å². The summed E-state index contributed by atoms with van der Waals surface area (Å²) < 4.78 is 10.5. The zero-order chi connectivity index (χ0) is 43.7. The number of fused-ring (bicyclic) bond motifs is 17.